The Hall–Kier alpha value is -2.69. The van der Waals surface area contributed by atoms with Gasteiger partial charge in [-0.1, -0.05) is 52.5 Å². The molecule has 4 N–H and O–H groups in total. The average Bonchev–Trinajstić information content (AvgIpc) is 2.92. The van der Waals surface area contributed by atoms with E-state index in [9.17, 15) is 4.79 Å². The number of unbranched alkanes of at least 4 members (excludes halogenated alkanes) is 2. The van der Waals surface area contributed by atoms with Crippen molar-refractivity contribution in [3.63, 3.8) is 0 Å². The highest BCUT2D eigenvalue weighted by atomic mass is 16.1. The van der Waals surface area contributed by atoms with E-state index in [2.05, 4.69) is 31.1 Å². The van der Waals surface area contributed by atoms with Crippen molar-refractivity contribution in [1.82, 2.24) is 9.55 Å². The van der Waals surface area contributed by atoms with Crippen LogP contribution in [0.5, 0.6) is 0 Å². The number of nitrogen functional groups attached to an aromatic ring is 1. The van der Waals surface area contributed by atoms with Gasteiger partial charge in [-0.15, -0.1) is 0 Å². The molecule has 1 aromatic heterocycles. The predicted molar refractivity (Wildman–Crippen MR) is 121 cm³/mol. The summed E-state index contributed by atoms with van der Waals surface area (Å²) >= 11 is 0. The number of aromatic nitrogens is 2. The van der Waals surface area contributed by atoms with Gasteiger partial charge < -0.3 is 16.0 Å². The highest BCUT2D eigenvalue weighted by molar-refractivity contribution is 5.81. The predicted octanol–water partition coefficient (Wildman–Crippen LogP) is 5.72. The maximum Gasteiger partial charge on any atom is 0.326 e. The van der Waals surface area contributed by atoms with Gasteiger partial charge in [0.15, 0.2) is 0 Å². The molecule has 2 aromatic carbocycles. The van der Waals surface area contributed by atoms with Crippen LogP contribution in [0.2, 0.25) is 0 Å². The standard InChI is InChI=1S/C15H16N4O.C8H18/c1-9-3-4-10(7-12(9)16)17-11-5-6-14-13(8-11)18-15(20)19(14)2;1-4-5-6-7-8(2)3/h3-8,17H,16H2,1-2H3,(H,18,20);8H,4-7H2,1-3H3. The molecule has 5 heteroatoms. The van der Waals surface area contributed by atoms with Crippen molar-refractivity contribution in [3.8, 4) is 0 Å². The minimum Gasteiger partial charge on any atom is -0.398 e. The second-order valence-electron chi connectivity index (χ2n) is 7.81. The van der Waals surface area contributed by atoms with Crippen LogP contribution in [0.15, 0.2) is 41.2 Å². The summed E-state index contributed by atoms with van der Waals surface area (Å²) in [4.78, 5) is 14.4. The Bertz CT molecular complexity index is 953. The molecule has 1 heterocycles. The maximum atomic E-state index is 11.6. The van der Waals surface area contributed by atoms with Crippen LogP contribution in [0.4, 0.5) is 17.1 Å². The smallest absolute Gasteiger partial charge is 0.326 e. The first-order valence-electron chi connectivity index (χ1n) is 10.1. The van der Waals surface area contributed by atoms with Crippen LogP contribution in [0, 0.1) is 12.8 Å². The Kier molecular flexibility index (Phi) is 7.73. The van der Waals surface area contributed by atoms with E-state index in [1.165, 1.54) is 25.7 Å². The number of nitrogens with zero attached hydrogens (tertiary/aromatic N) is 1. The molecular formula is C23H34N4O. The van der Waals surface area contributed by atoms with Gasteiger partial charge >= 0.3 is 5.69 Å². The highest BCUT2D eigenvalue weighted by Gasteiger charge is 2.04. The number of hydrogen-bond donors (Lipinski definition) is 3. The quantitative estimate of drug-likeness (QED) is 0.377. The molecule has 0 aliphatic heterocycles. The molecule has 0 saturated carbocycles. The van der Waals surface area contributed by atoms with Crippen molar-refractivity contribution >= 4 is 28.1 Å². The molecule has 0 amide bonds. The molecule has 152 valence electrons. The lowest BCUT2D eigenvalue weighted by Gasteiger charge is -2.08. The van der Waals surface area contributed by atoms with Crippen LogP contribution in [0.3, 0.4) is 0 Å². The molecule has 3 aromatic rings. The molecule has 0 bridgehead atoms. The minimum atomic E-state index is -0.114. The van der Waals surface area contributed by atoms with Crippen molar-refractivity contribution in [2.45, 2.75) is 53.4 Å². The fourth-order valence-corrected chi connectivity index (χ4v) is 3.00. The number of imidazole rings is 1. The molecule has 28 heavy (non-hydrogen) atoms. The van der Waals surface area contributed by atoms with Gasteiger partial charge in [-0.25, -0.2) is 4.79 Å². The van der Waals surface area contributed by atoms with E-state index >= 15 is 0 Å². The lowest BCUT2D eigenvalue weighted by atomic mass is 10.1. The van der Waals surface area contributed by atoms with Crippen LogP contribution in [0.1, 0.15) is 52.0 Å². The summed E-state index contributed by atoms with van der Waals surface area (Å²) in [5, 5.41) is 3.28. The summed E-state index contributed by atoms with van der Waals surface area (Å²) in [7, 11) is 1.74. The molecule has 0 fully saturated rings. The normalized spacial score (nSPS) is 10.8. The number of anilines is 3. The third-order valence-electron chi connectivity index (χ3n) is 4.86. The van der Waals surface area contributed by atoms with Gasteiger partial charge in [-0.05, 0) is 48.7 Å². The van der Waals surface area contributed by atoms with E-state index in [1.54, 1.807) is 11.6 Å². The molecular weight excluding hydrogens is 348 g/mol. The molecule has 5 nitrogen and oxygen atoms in total. The topological polar surface area (TPSA) is 75.8 Å². The lowest BCUT2D eigenvalue weighted by Crippen LogP contribution is -2.11. The Morgan fingerprint density at radius 3 is 2.43 bits per heavy atom. The zero-order chi connectivity index (χ0) is 20.7. The number of nitrogens with one attached hydrogen (secondary N) is 2. The molecule has 0 atom stereocenters. The summed E-state index contributed by atoms with van der Waals surface area (Å²) in [6.07, 6.45) is 5.60. The fourth-order valence-electron chi connectivity index (χ4n) is 3.00. The number of hydrogen-bond acceptors (Lipinski definition) is 3. The van der Waals surface area contributed by atoms with Gasteiger partial charge in [0.2, 0.25) is 0 Å². The second kappa shape index (κ2) is 10.0. The monoisotopic (exact) mass is 382 g/mol. The van der Waals surface area contributed by atoms with E-state index in [-0.39, 0.29) is 5.69 Å². The number of nitrogens with two attached hydrogens (primary N) is 1. The minimum absolute atomic E-state index is 0.114. The Balaban J connectivity index is 0.000000300. The van der Waals surface area contributed by atoms with Gasteiger partial charge in [0.25, 0.3) is 0 Å². The summed E-state index contributed by atoms with van der Waals surface area (Å²) in [6, 6.07) is 11.6. The van der Waals surface area contributed by atoms with E-state index < -0.39 is 0 Å². The van der Waals surface area contributed by atoms with E-state index in [4.69, 9.17) is 5.73 Å². The van der Waals surface area contributed by atoms with Gasteiger partial charge in [0.1, 0.15) is 0 Å². The molecule has 3 rings (SSSR count). The van der Waals surface area contributed by atoms with E-state index in [1.807, 2.05) is 43.3 Å². The number of fused-ring (bicyclic) bond motifs is 1. The number of aromatic amines is 1. The van der Waals surface area contributed by atoms with Crippen molar-refractivity contribution in [3.05, 3.63) is 52.4 Å². The third kappa shape index (κ3) is 5.91. The Labute approximate surface area is 168 Å². The zero-order valence-corrected chi connectivity index (χ0v) is 17.8. The molecule has 0 aliphatic carbocycles. The van der Waals surface area contributed by atoms with Crippen LogP contribution < -0.4 is 16.7 Å². The third-order valence-corrected chi connectivity index (χ3v) is 4.86. The van der Waals surface area contributed by atoms with Gasteiger partial charge in [-0.2, -0.15) is 0 Å². The molecule has 0 saturated heterocycles. The van der Waals surface area contributed by atoms with E-state index in [0.717, 1.165) is 39.6 Å². The Morgan fingerprint density at radius 2 is 1.79 bits per heavy atom. The largest absolute Gasteiger partial charge is 0.398 e. The van der Waals surface area contributed by atoms with Gasteiger partial charge in [0.05, 0.1) is 11.0 Å². The second-order valence-corrected chi connectivity index (χ2v) is 7.81. The maximum absolute atomic E-state index is 11.6. The summed E-state index contributed by atoms with van der Waals surface area (Å²) in [6.45, 7) is 8.80. The number of benzene rings is 2. The van der Waals surface area contributed by atoms with Crippen LogP contribution in [-0.2, 0) is 7.05 Å². The zero-order valence-electron chi connectivity index (χ0n) is 17.8. The summed E-state index contributed by atoms with van der Waals surface area (Å²) in [5.74, 6) is 0.904. The van der Waals surface area contributed by atoms with Crippen LogP contribution >= 0.6 is 0 Å². The molecule has 0 spiro atoms. The fraction of sp³-hybridized carbons (Fsp3) is 0.435. The Morgan fingerprint density at radius 1 is 1.11 bits per heavy atom. The van der Waals surface area contributed by atoms with E-state index in [0.29, 0.717) is 0 Å². The van der Waals surface area contributed by atoms with Crippen molar-refractivity contribution in [2.75, 3.05) is 11.1 Å². The molecule has 0 aliphatic rings. The summed E-state index contributed by atoms with van der Waals surface area (Å²) in [5.41, 5.74) is 11.1. The molecule has 0 radical (unpaired) electrons. The SMILES string of the molecule is CCCCCC(C)C.Cc1ccc(Nc2ccc3c(c2)[nH]c(=O)n3C)cc1N. The van der Waals surface area contributed by atoms with Crippen molar-refractivity contribution < 1.29 is 0 Å². The average molecular weight is 383 g/mol. The number of aryl methyl sites for hydroxylation is 2. The summed E-state index contributed by atoms with van der Waals surface area (Å²) < 4.78 is 1.59. The van der Waals surface area contributed by atoms with Gasteiger partial charge in [-0.3, -0.25) is 4.57 Å². The van der Waals surface area contributed by atoms with Crippen LogP contribution in [-0.4, -0.2) is 9.55 Å². The first-order valence-corrected chi connectivity index (χ1v) is 10.1. The lowest BCUT2D eigenvalue weighted by molar-refractivity contribution is 0.534. The van der Waals surface area contributed by atoms with Crippen molar-refractivity contribution in [1.29, 1.82) is 0 Å². The first kappa shape index (κ1) is 21.6. The number of rotatable bonds is 6. The molecule has 0 unspecified atom stereocenters. The number of H-pyrrole nitrogens is 1. The highest BCUT2D eigenvalue weighted by Crippen LogP contribution is 2.23. The first-order chi connectivity index (χ1) is 13.3. The van der Waals surface area contributed by atoms with Crippen LogP contribution in [0.25, 0.3) is 11.0 Å². The van der Waals surface area contributed by atoms with Crippen molar-refractivity contribution in [2.24, 2.45) is 13.0 Å². The van der Waals surface area contributed by atoms with Gasteiger partial charge in [0, 0.05) is 24.1 Å².